The predicted molar refractivity (Wildman–Crippen MR) is 185 cm³/mol. The van der Waals surface area contributed by atoms with Crippen LogP contribution in [0, 0.1) is 0 Å². The van der Waals surface area contributed by atoms with E-state index in [2.05, 4.69) is 5.32 Å². The molecular formula is C35H37Cl2N3O6S. The van der Waals surface area contributed by atoms with Crippen molar-refractivity contribution in [1.29, 1.82) is 0 Å². The highest BCUT2D eigenvalue weighted by Gasteiger charge is 2.35. The smallest absolute Gasteiger partial charge is 0.264 e. The second-order valence-corrected chi connectivity index (χ2v) is 13.7. The molecule has 0 aliphatic carbocycles. The van der Waals surface area contributed by atoms with Crippen molar-refractivity contribution in [3.8, 4) is 11.5 Å². The van der Waals surface area contributed by atoms with Gasteiger partial charge < -0.3 is 19.7 Å². The molecule has 4 aromatic carbocycles. The molecule has 9 nitrogen and oxygen atoms in total. The Kier molecular flexibility index (Phi) is 12.1. The van der Waals surface area contributed by atoms with Gasteiger partial charge in [0.15, 0.2) is 11.5 Å². The first-order valence-electron chi connectivity index (χ1n) is 14.8. The molecule has 2 amide bonds. The first-order valence-corrected chi connectivity index (χ1v) is 17.0. The Morgan fingerprint density at radius 2 is 1.47 bits per heavy atom. The van der Waals surface area contributed by atoms with E-state index in [9.17, 15) is 18.0 Å². The number of nitrogens with zero attached hydrogens (tertiary/aromatic N) is 2. The number of hydrogen-bond donors (Lipinski definition) is 1. The monoisotopic (exact) mass is 697 g/mol. The maximum absolute atomic E-state index is 14.6. The van der Waals surface area contributed by atoms with Gasteiger partial charge in [-0.2, -0.15) is 0 Å². The van der Waals surface area contributed by atoms with Gasteiger partial charge in [0.05, 0.1) is 24.8 Å². The van der Waals surface area contributed by atoms with Crippen LogP contribution in [0.3, 0.4) is 0 Å². The van der Waals surface area contributed by atoms with E-state index in [0.717, 1.165) is 9.87 Å². The lowest BCUT2D eigenvalue weighted by Gasteiger charge is -2.34. The van der Waals surface area contributed by atoms with Crippen molar-refractivity contribution in [2.75, 3.05) is 25.1 Å². The topological polar surface area (TPSA) is 105 Å². The average molecular weight is 699 g/mol. The van der Waals surface area contributed by atoms with Crippen molar-refractivity contribution >= 4 is 50.7 Å². The van der Waals surface area contributed by atoms with Crippen molar-refractivity contribution in [1.82, 2.24) is 10.2 Å². The zero-order chi connectivity index (χ0) is 34.1. The fourth-order valence-electron chi connectivity index (χ4n) is 4.99. The lowest BCUT2D eigenvalue weighted by atomic mass is 10.0. The van der Waals surface area contributed by atoms with Gasteiger partial charge in [-0.1, -0.05) is 71.7 Å². The Labute approximate surface area is 286 Å². The summed E-state index contributed by atoms with van der Waals surface area (Å²) in [5.41, 5.74) is 1.61. The number of rotatable bonds is 14. The summed E-state index contributed by atoms with van der Waals surface area (Å²) >= 11 is 12.7. The maximum Gasteiger partial charge on any atom is 0.264 e. The second kappa shape index (κ2) is 16.0. The third-order valence-corrected chi connectivity index (χ3v) is 9.73. The Balaban J connectivity index is 1.83. The van der Waals surface area contributed by atoms with E-state index in [4.69, 9.17) is 32.7 Å². The molecule has 0 spiro atoms. The molecule has 4 rings (SSSR count). The summed E-state index contributed by atoms with van der Waals surface area (Å²) in [4.78, 5) is 29.6. The Morgan fingerprint density at radius 3 is 2.09 bits per heavy atom. The number of benzene rings is 4. The summed E-state index contributed by atoms with van der Waals surface area (Å²) in [6.07, 6.45) is 0.180. The van der Waals surface area contributed by atoms with Crippen LogP contribution in [-0.4, -0.2) is 58.0 Å². The van der Waals surface area contributed by atoms with Crippen LogP contribution in [0.4, 0.5) is 5.69 Å². The fourth-order valence-corrected chi connectivity index (χ4v) is 6.74. The van der Waals surface area contributed by atoms with E-state index in [1.807, 2.05) is 44.2 Å². The molecule has 0 aromatic heterocycles. The number of carbonyl (C=O) groups excluding carboxylic acids is 2. The summed E-state index contributed by atoms with van der Waals surface area (Å²) in [6.45, 7) is 2.97. The van der Waals surface area contributed by atoms with Crippen LogP contribution in [0.2, 0.25) is 10.0 Å². The van der Waals surface area contributed by atoms with Gasteiger partial charge in [0.25, 0.3) is 10.0 Å². The molecule has 0 aliphatic heterocycles. The molecule has 0 aliphatic rings. The molecule has 47 heavy (non-hydrogen) atoms. The minimum atomic E-state index is -4.38. The molecule has 0 radical (unpaired) electrons. The lowest BCUT2D eigenvalue weighted by molar-refractivity contribution is -0.140. The molecule has 12 heteroatoms. The van der Waals surface area contributed by atoms with Crippen LogP contribution in [0.25, 0.3) is 0 Å². The van der Waals surface area contributed by atoms with Crippen molar-refractivity contribution in [2.24, 2.45) is 0 Å². The Bertz CT molecular complexity index is 1790. The number of sulfonamides is 1. The molecule has 0 saturated heterocycles. The first kappa shape index (κ1) is 35.6. The van der Waals surface area contributed by atoms with E-state index in [0.29, 0.717) is 21.4 Å². The van der Waals surface area contributed by atoms with Gasteiger partial charge in [0.2, 0.25) is 11.8 Å². The highest BCUT2D eigenvalue weighted by Crippen LogP contribution is 2.33. The molecular weight excluding hydrogens is 661 g/mol. The molecule has 248 valence electrons. The normalized spacial score (nSPS) is 11.9. The van der Waals surface area contributed by atoms with Crippen LogP contribution in [-0.2, 0) is 32.6 Å². The molecule has 1 N–H and O–H groups in total. The van der Waals surface area contributed by atoms with E-state index in [1.165, 1.54) is 61.6 Å². The van der Waals surface area contributed by atoms with E-state index < -0.39 is 28.5 Å². The average Bonchev–Trinajstić information content (AvgIpc) is 3.06. The van der Waals surface area contributed by atoms with Gasteiger partial charge >= 0.3 is 0 Å². The summed E-state index contributed by atoms with van der Waals surface area (Å²) in [5.74, 6) is -0.468. The number of anilines is 1. The Morgan fingerprint density at radius 1 is 0.830 bits per heavy atom. The van der Waals surface area contributed by atoms with Gasteiger partial charge in [-0.15, -0.1) is 0 Å². The van der Waals surface area contributed by atoms with Gasteiger partial charge in [-0.3, -0.25) is 13.9 Å². The lowest BCUT2D eigenvalue weighted by Crippen LogP contribution is -2.54. The molecule has 0 fully saturated rings. The van der Waals surface area contributed by atoms with Crippen LogP contribution < -0.4 is 19.1 Å². The number of hydrogen-bond acceptors (Lipinski definition) is 6. The van der Waals surface area contributed by atoms with E-state index >= 15 is 0 Å². The minimum Gasteiger partial charge on any atom is -0.493 e. The van der Waals surface area contributed by atoms with Crippen LogP contribution in [0.5, 0.6) is 11.5 Å². The predicted octanol–water partition coefficient (Wildman–Crippen LogP) is 6.37. The summed E-state index contributed by atoms with van der Waals surface area (Å²) in [7, 11) is -1.53. The van der Waals surface area contributed by atoms with Gasteiger partial charge in [0, 0.05) is 35.1 Å². The first-order chi connectivity index (χ1) is 22.4. The molecule has 4 aromatic rings. The van der Waals surface area contributed by atoms with E-state index in [1.54, 1.807) is 24.3 Å². The molecule has 0 bridgehead atoms. The number of methoxy groups -OCH3 is 2. The number of amides is 2. The third kappa shape index (κ3) is 8.97. The standard InChI is InChI=1S/C35H37Cl2N3O6S/c1-24(2)38-35(42)31(20-25-10-6-5-7-11-25)39(22-26-12-8-9-13-30(26)37)34(41)23-40(28-16-14-27(36)15-17-28)47(43,44)29-18-19-32(45-3)33(21-29)46-4/h5-19,21,24,31H,20,22-23H2,1-4H3,(H,38,42)/t31-/m0/s1. The third-order valence-electron chi connectivity index (χ3n) is 7.34. The molecule has 1 atom stereocenters. The summed E-state index contributed by atoms with van der Waals surface area (Å²) < 4.78 is 40.3. The summed E-state index contributed by atoms with van der Waals surface area (Å²) in [5, 5.41) is 3.72. The Hall–Kier alpha value is -4.25. The molecule has 0 saturated carbocycles. The SMILES string of the molecule is COc1ccc(S(=O)(=O)N(CC(=O)N(Cc2ccccc2Cl)[C@@H](Cc2ccccc2)C(=O)NC(C)C)c2ccc(Cl)cc2)cc1OC. The van der Waals surface area contributed by atoms with Crippen molar-refractivity contribution in [3.05, 3.63) is 118 Å². The highest BCUT2D eigenvalue weighted by atomic mass is 35.5. The number of ether oxygens (including phenoxy) is 2. The second-order valence-electron chi connectivity index (χ2n) is 11.0. The number of carbonyl (C=O) groups is 2. The largest absolute Gasteiger partial charge is 0.493 e. The van der Waals surface area contributed by atoms with E-state index in [-0.39, 0.29) is 41.2 Å². The van der Waals surface area contributed by atoms with Crippen molar-refractivity contribution in [2.45, 2.75) is 43.8 Å². The van der Waals surface area contributed by atoms with Gasteiger partial charge in [-0.05, 0) is 67.4 Å². The van der Waals surface area contributed by atoms with Crippen LogP contribution in [0.1, 0.15) is 25.0 Å². The fraction of sp³-hybridized carbons (Fsp3) is 0.257. The summed E-state index contributed by atoms with van der Waals surface area (Å²) in [6, 6.07) is 25.4. The van der Waals surface area contributed by atoms with Gasteiger partial charge in [0.1, 0.15) is 12.6 Å². The van der Waals surface area contributed by atoms with Crippen LogP contribution in [0.15, 0.2) is 102 Å². The number of nitrogens with one attached hydrogen (secondary N) is 1. The quantitative estimate of drug-likeness (QED) is 0.164. The van der Waals surface area contributed by atoms with Crippen molar-refractivity contribution < 1.29 is 27.5 Å². The number of halogens is 2. The molecule has 0 heterocycles. The molecule has 0 unspecified atom stereocenters. The van der Waals surface area contributed by atoms with Crippen molar-refractivity contribution in [3.63, 3.8) is 0 Å². The van der Waals surface area contributed by atoms with Gasteiger partial charge in [-0.25, -0.2) is 8.42 Å². The zero-order valence-corrected chi connectivity index (χ0v) is 28.9. The maximum atomic E-state index is 14.6. The zero-order valence-electron chi connectivity index (χ0n) is 26.5. The highest BCUT2D eigenvalue weighted by molar-refractivity contribution is 7.92. The van der Waals surface area contributed by atoms with Crippen LogP contribution >= 0.6 is 23.2 Å². The minimum absolute atomic E-state index is 0.0492.